The van der Waals surface area contributed by atoms with E-state index in [1.54, 1.807) is 18.2 Å². The molecule has 1 saturated heterocycles. The summed E-state index contributed by atoms with van der Waals surface area (Å²) in [6.45, 7) is 0.669. The average molecular weight is 330 g/mol. The van der Waals surface area contributed by atoms with Gasteiger partial charge in [0, 0.05) is 5.69 Å². The van der Waals surface area contributed by atoms with Crippen LogP contribution in [0.2, 0.25) is 0 Å². The van der Waals surface area contributed by atoms with Crippen LogP contribution in [0.1, 0.15) is 16.7 Å². The maximum absolute atomic E-state index is 10.3. The highest BCUT2D eigenvalue weighted by atomic mass is 16.5. The number of hydrogen-bond acceptors (Lipinski definition) is 6. The fourth-order valence-corrected chi connectivity index (χ4v) is 2.62. The second-order valence-electron chi connectivity index (χ2n) is 5.84. The first-order chi connectivity index (χ1) is 12.2. The number of nitrogens with one attached hydrogen (secondary N) is 1. The van der Waals surface area contributed by atoms with E-state index in [-0.39, 0.29) is 0 Å². The van der Waals surface area contributed by atoms with Crippen LogP contribution in [-0.2, 0) is 16.0 Å². The molecule has 2 aromatic carbocycles. The zero-order chi connectivity index (χ0) is 17.7. The summed E-state index contributed by atoms with van der Waals surface area (Å²) in [5.41, 5.74) is 3.09. The number of carbonyl (C=O) groups excluding carboxylic acids is 1. The molecule has 0 saturated carbocycles. The summed E-state index contributed by atoms with van der Waals surface area (Å²) in [7, 11) is 0. The topological polar surface area (TPSA) is 98.3 Å². The third-order valence-corrected chi connectivity index (χ3v) is 4.02. The van der Waals surface area contributed by atoms with Crippen LogP contribution < -0.4 is 5.32 Å². The van der Waals surface area contributed by atoms with Crippen molar-refractivity contribution < 1.29 is 9.53 Å². The van der Waals surface area contributed by atoms with Crippen molar-refractivity contribution >= 4 is 17.5 Å². The summed E-state index contributed by atoms with van der Waals surface area (Å²) in [5, 5.41) is 21.8. The van der Waals surface area contributed by atoms with Gasteiger partial charge in [0.05, 0.1) is 36.6 Å². The molecule has 3 rings (SSSR count). The number of ether oxygens (including phenoxy) is 1. The smallest absolute Gasteiger partial charge is 0.240 e. The van der Waals surface area contributed by atoms with Crippen LogP contribution in [0.25, 0.3) is 0 Å². The zero-order valence-electron chi connectivity index (χ0n) is 13.3. The largest absolute Gasteiger partial charge is 0.374 e. The van der Waals surface area contributed by atoms with Gasteiger partial charge in [0.15, 0.2) is 5.54 Å². The second kappa shape index (κ2) is 6.98. The minimum atomic E-state index is -0.717. The van der Waals surface area contributed by atoms with E-state index in [9.17, 15) is 10.1 Å². The number of nitriles is 2. The zero-order valence-corrected chi connectivity index (χ0v) is 13.3. The molecule has 1 aliphatic heterocycles. The average Bonchev–Trinajstić information content (AvgIpc) is 2.61. The molecule has 122 valence electrons. The van der Waals surface area contributed by atoms with E-state index in [1.807, 2.05) is 24.3 Å². The molecular weight excluding hydrogens is 316 g/mol. The van der Waals surface area contributed by atoms with Crippen LogP contribution in [0.5, 0.6) is 0 Å². The minimum Gasteiger partial charge on any atom is -0.374 e. The van der Waals surface area contributed by atoms with Gasteiger partial charge < -0.3 is 10.1 Å². The van der Waals surface area contributed by atoms with Gasteiger partial charge in [0.1, 0.15) is 0 Å². The third kappa shape index (κ3) is 3.57. The lowest BCUT2D eigenvalue weighted by Gasteiger charge is -2.37. The Bertz CT molecular complexity index is 912. The van der Waals surface area contributed by atoms with Gasteiger partial charge in [-0.1, -0.05) is 12.1 Å². The molecule has 1 fully saturated rings. The standard InChI is InChI=1S/C19H14N4O2/c20-9-15-3-6-18(23-19(10-21)11-25-12-19)16(8-15)7-14-1-4-17(5-2-14)22-13-24/h1-6,8,23H,7,11-12H2. The molecule has 0 atom stereocenters. The Balaban J connectivity index is 1.89. The number of aliphatic imine (C=N–C) groups is 1. The van der Waals surface area contributed by atoms with Gasteiger partial charge >= 0.3 is 0 Å². The number of nitrogens with zero attached hydrogens (tertiary/aromatic N) is 3. The summed E-state index contributed by atoms with van der Waals surface area (Å²) < 4.78 is 5.16. The SMILES string of the molecule is N#Cc1ccc(NC2(C#N)COC2)c(Cc2ccc(N=C=O)cc2)c1. The number of benzene rings is 2. The highest BCUT2D eigenvalue weighted by molar-refractivity contribution is 5.59. The number of rotatable bonds is 5. The molecule has 0 aliphatic carbocycles. The van der Waals surface area contributed by atoms with E-state index in [2.05, 4.69) is 22.4 Å². The number of hydrogen-bond donors (Lipinski definition) is 1. The van der Waals surface area contributed by atoms with Crippen molar-refractivity contribution in [2.45, 2.75) is 12.0 Å². The molecule has 0 aromatic heterocycles. The molecule has 0 unspecified atom stereocenters. The van der Waals surface area contributed by atoms with Gasteiger partial charge in [-0.2, -0.15) is 15.5 Å². The highest BCUT2D eigenvalue weighted by Gasteiger charge is 2.39. The summed E-state index contributed by atoms with van der Waals surface area (Å²) in [6.07, 6.45) is 2.08. The molecule has 0 bridgehead atoms. The maximum atomic E-state index is 10.3. The first-order valence-electron chi connectivity index (χ1n) is 7.65. The Morgan fingerprint density at radius 3 is 2.48 bits per heavy atom. The van der Waals surface area contributed by atoms with Crippen molar-refractivity contribution in [3.05, 3.63) is 59.2 Å². The van der Waals surface area contributed by atoms with Crippen LogP contribution in [0.4, 0.5) is 11.4 Å². The lowest BCUT2D eigenvalue weighted by Crippen LogP contribution is -2.54. The van der Waals surface area contributed by atoms with E-state index < -0.39 is 5.54 Å². The van der Waals surface area contributed by atoms with Gasteiger partial charge in [0.2, 0.25) is 6.08 Å². The molecule has 25 heavy (non-hydrogen) atoms. The fourth-order valence-electron chi connectivity index (χ4n) is 2.62. The molecule has 0 amide bonds. The van der Waals surface area contributed by atoms with Crippen LogP contribution in [0.15, 0.2) is 47.5 Å². The van der Waals surface area contributed by atoms with Crippen LogP contribution in [0.3, 0.4) is 0 Å². The van der Waals surface area contributed by atoms with Crippen molar-refractivity contribution in [1.82, 2.24) is 0 Å². The Morgan fingerprint density at radius 1 is 1.16 bits per heavy atom. The third-order valence-electron chi connectivity index (χ3n) is 4.02. The van der Waals surface area contributed by atoms with E-state index in [0.29, 0.717) is 30.9 Å². The lowest BCUT2D eigenvalue weighted by molar-refractivity contribution is -0.0132. The van der Waals surface area contributed by atoms with E-state index >= 15 is 0 Å². The number of isocyanates is 1. The van der Waals surface area contributed by atoms with E-state index in [0.717, 1.165) is 16.8 Å². The maximum Gasteiger partial charge on any atom is 0.240 e. The molecule has 1 N–H and O–H groups in total. The minimum absolute atomic E-state index is 0.335. The molecule has 2 aromatic rings. The van der Waals surface area contributed by atoms with Gasteiger partial charge in [-0.25, -0.2) is 4.79 Å². The molecule has 1 heterocycles. The Morgan fingerprint density at radius 2 is 1.92 bits per heavy atom. The molecular formula is C19H14N4O2. The predicted octanol–water partition coefficient (Wildman–Crippen LogP) is 2.82. The van der Waals surface area contributed by atoms with Gasteiger partial charge in [-0.05, 0) is 47.9 Å². The van der Waals surface area contributed by atoms with Gasteiger partial charge in [-0.3, -0.25) is 0 Å². The Labute approximate surface area is 145 Å². The van der Waals surface area contributed by atoms with Crippen LogP contribution in [-0.4, -0.2) is 24.8 Å². The Hall–Kier alpha value is -3.44. The predicted molar refractivity (Wildman–Crippen MR) is 91.0 cm³/mol. The first kappa shape index (κ1) is 16.4. The molecule has 0 spiro atoms. The van der Waals surface area contributed by atoms with Crippen molar-refractivity contribution in [3.8, 4) is 12.1 Å². The summed E-state index contributed by atoms with van der Waals surface area (Å²) in [5.74, 6) is 0. The summed E-state index contributed by atoms with van der Waals surface area (Å²) in [4.78, 5) is 13.9. The summed E-state index contributed by atoms with van der Waals surface area (Å²) >= 11 is 0. The fraction of sp³-hybridized carbons (Fsp3) is 0.211. The first-order valence-corrected chi connectivity index (χ1v) is 7.65. The van der Waals surface area contributed by atoms with Crippen molar-refractivity contribution in [2.24, 2.45) is 4.99 Å². The highest BCUT2D eigenvalue weighted by Crippen LogP contribution is 2.28. The Kier molecular flexibility index (Phi) is 4.59. The van der Waals surface area contributed by atoms with Crippen molar-refractivity contribution in [1.29, 1.82) is 10.5 Å². The van der Waals surface area contributed by atoms with Crippen LogP contribution >= 0.6 is 0 Å². The van der Waals surface area contributed by atoms with Gasteiger partial charge in [0.25, 0.3) is 0 Å². The van der Waals surface area contributed by atoms with Crippen molar-refractivity contribution in [2.75, 3.05) is 18.5 Å². The van der Waals surface area contributed by atoms with Crippen LogP contribution in [0, 0.1) is 22.7 Å². The molecule has 0 radical (unpaired) electrons. The monoisotopic (exact) mass is 330 g/mol. The molecule has 1 aliphatic rings. The normalized spacial score (nSPS) is 14.3. The van der Waals surface area contributed by atoms with E-state index in [4.69, 9.17) is 10.00 Å². The summed E-state index contributed by atoms with van der Waals surface area (Å²) in [6, 6.07) is 16.9. The second-order valence-corrected chi connectivity index (χ2v) is 5.84. The molecule has 6 nitrogen and oxygen atoms in total. The van der Waals surface area contributed by atoms with E-state index in [1.165, 1.54) is 6.08 Å². The molecule has 6 heteroatoms. The number of anilines is 1. The van der Waals surface area contributed by atoms with Gasteiger partial charge in [-0.15, -0.1) is 0 Å². The lowest BCUT2D eigenvalue weighted by atomic mass is 9.96. The van der Waals surface area contributed by atoms with Crippen molar-refractivity contribution in [3.63, 3.8) is 0 Å². The quantitative estimate of drug-likeness (QED) is 0.671.